The molecule has 1 heterocycles. The molecule has 1 aliphatic heterocycles. The number of aryl methyl sites for hydroxylation is 1. The van der Waals surface area contributed by atoms with Crippen LogP contribution in [0.2, 0.25) is 0 Å². The molecule has 6 heteroatoms. The van der Waals surface area contributed by atoms with Crippen LogP contribution in [-0.2, 0) is 23.9 Å². The zero-order valence-electron chi connectivity index (χ0n) is 13.4. The smallest absolute Gasteiger partial charge is 0.310 e. The highest BCUT2D eigenvalue weighted by molar-refractivity contribution is 5.94. The van der Waals surface area contributed by atoms with E-state index in [2.05, 4.69) is 5.32 Å². The predicted molar refractivity (Wildman–Crippen MR) is 83.8 cm³/mol. The molecule has 1 N–H and O–H groups in total. The minimum atomic E-state index is -0.454. The lowest BCUT2D eigenvalue weighted by Gasteiger charge is -2.22. The third kappa shape index (κ3) is 2.37. The van der Waals surface area contributed by atoms with E-state index in [1.54, 1.807) is 6.07 Å². The molecule has 1 amide bonds. The minimum Gasteiger partial charge on any atom is -0.462 e. The lowest BCUT2D eigenvalue weighted by Crippen LogP contribution is -2.35. The number of rotatable bonds is 4. The van der Waals surface area contributed by atoms with Crippen LogP contribution < -0.4 is 5.32 Å². The maximum atomic E-state index is 12.4. The fraction of sp³-hybridized carbons (Fsp3) is 0.500. The van der Waals surface area contributed by atoms with E-state index < -0.39 is 11.9 Å². The maximum absolute atomic E-state index is 12.4. The second-order valence-corrected chi connectivity index (χ2v) is 6.89. The van der Waals surface area contributed by atoms with Crippen LogP contribution in [-0.4, -0.2) is 30.6 Å². The van der Waals surface area contributed by atoms with E-state index in [1.807, 2.05) is 25.1 Å². The van der Waals surface area contributed by atoms with Crippen molar-refractivity contribution < 1.29 is 23.9 Å². The van der Waals surface area contributed by atoms with Gasteiger partial charge >= 0.3 is 11.9 Å². The van der Waals surface area contributed by atoms with Crippen molar-refractivity contribution in [1.82, 2.24) is 0 Å². The molecule has 126 valence electrons. The van der Waals surface area contributed by atoms with Crippen LogP contribution in [0.4, 0.5) is 5.69 Å². The van der Waals surface area contributed by atoms with Crippen molar-refractivity contribution in [2.75, 3.05) is 11.9 Å². The molecule has 0 unspecified atom stereocenters. The van der Waals surface area contributed by atoms with Gasteiger partial charge in [-0.15, -0.1) is 0 Å². The Kier molecular flexibility index (Phi) is 3.55. The standard InChI is InChI=1S/C18H19NO5/c1-9-4-2-3-5-12(9)19-14(20)8-23-17(21)15-10-6-11-13(7-10)24-18(22)16(11)15/h2-5,10-11,13,15-16H,6-8H2,1H3,(H,19,20)/t10-,11+,13-,15+,16+/m1/s1. The fourth-order valence-electron chi connectivity index (χ4n) is 4.46. The summed E-state index contributed by atoms with van der Waals surface area (Å²) < 4.78 is 10.5. The zero-order chi connectivity index (χ0) is 16.8. The first-order valence-corrected chi connectivity index (χ1v) is 8.27. The average Bonchev–Trinajstić information content (AvgIpc) is 3.16. The van der Waals surface area contributed by atoms with Gasteiger partial charge in [-0.3, -0.25) is 14.4 Å². The monoisotopic (exact) mass is 329 g/mol. The molecule has 2 bridgehead atoms. The first kappa shape index (κ1) is 15.2. The number of anilines is 1. The Labute approximate surface area is 139 Å². The van der Waals surface area contributed by atoms with E-state index in [1.165, 1.54) is 0 Å². The van der Waals surface area contributed by atoms with Crippen LogP contribution in [0.1, 0.15) is 18.4 Å². The first-order valence-electron chi connectivity index (χ1n) is 8.27. The second kappa shape index (κ2) is 5.61. The summed E-state index contributed by atoms with van der Waals surface area (Å²) in [7, 11) is 0. The number of esters is 2. The molecule has 0 aromatic heterocycles. The van der Waals surface area contributed by atoms with Crippen LogP contribution >= 0.6 is 0 Å². The summed E-state index contributed by atoms with van der Waals surface area (Å²) in [5, 5.41) is 2.72. The van der Waals surface area contributed by atoms with Crippen molar-refractivity contribution in [3.63, 3.8) is 0 Å². The summed E-state index contributed by atoms with van der Waals surface area (Å²) in [6.45, 7) is 1.55. The van der Waals surface area contributed by atoms with Gasteiger partial charge in [0.15, 0.2) is 6.61 Å². The summed E-state index contributed by atoms with van der Waals surface area (Å²) in [6.07, 6.45) is 1.57. The molecule has 1 saturated heterocycles. The predicted octanol–water partition coefficient (Wildman–Crippen LogP) is 1.67. The number of ether oxygens (including phenoxy) is 2. The number of amides is 1. The average molecular weight is 329 g/mol. The van der Waals surface area contributed by atoms with Gasteiger partial charge in [-0.2, -0.15) is 0 Å². The van der Waals surface area contributed by atoms with Gasteiger partial charge in [0.1, 0.15) is 6.10 Å². The van der Waals surface area contributed by atoms with E-state index in [-0.39, 0.29) is 42.3 Å². The molecule has 24 heavy (non-hydrogen) atoms. The zero-order valence-corrected chi connectivity index (χ0v) is 13.4. The van der Waals surface area contributed by atoms with Crippen molar-refractivity contribution in [3.05, 3.63) is 29.8 Å². The quantitative estimate of drug-likeness (QED) is 0.850. The highest BCUT2D eigenvalue weighted by Crippen LogP contribution is 2.57. The van der Waals surface area contributed by atoms with Gasteiger partial charge in [0.2, 0.25) is 0 Å². The third-order valence-corrected chi connectivity index (χ3v) is 5.52. The summed E-state index contributed by atoms with van der Waals surface area (Å²) in [6, 6.07) is 7.39. The molecule has 2 aliphatic carbocycles. The van der Waals surface area contributed by atoms with Crippen molar-refractivity contribution in [3.8, 4) is 0 Å². The molecule has 1 aromatic carbocycles. The van der Waals surface area contributed by atoms with E-state index in [0.29, 0.717) is 5.69 Å². The number of nitrogens with one attached hydrogen (secondary N) is 1. The van der Waals surface area contributed by atoms with E-state index in [4.69, 9.17) is 9.47 Å². The lowest BCUT2D eigenvalue weighted by atomic mass is 9.80. The minimum absolute atomic E-state index is 0.0131. The largest absolute Gasteiger partial charge is 0.462 e. The van der Waals surface area contributed by atoms with Gasteiger partial charge in [0, 0.05) is 11.6 Å². The molecule has 1 aromatic rings. The van der Waals surface area contributed by atoms with E-state index in [0.717, 1.165) is 18.4 Å². The summed E-state index contributed by atoms with van der Waals surface area (Å²) in [5.41, 5.74) is 1.63. The Bertz CT molecular complexity index is 713. The van der Waals surface area contributed by atoms with Crippen LogP contribution in [0.25, 0.3) is 0 Å². The summed E-state index contributed by atoms with van der Waals surface area (Å²) >= 11 is 0. The van der Waals surface area contributed by atoms with Crippen LogP contribution in [0, 0.1) is 30.6 Å². The second-order valence-electron chi connectivity index (χ2n) is 6.89. The van der Waals surface area contributed by atoms with Crippen molar-refractivity contribution in [1.29, 1.82) is 0 Å². The van der Waals surface area contributed by atoms with Crippen molar-refractivity contribution in [2.24, 2.45) is 23.7 Å². The van der Waals surface area contributed by atoms with Crippen LogP contribution in [0.3, 0.4) is 0 Å². The molecule has 5 atom stereocenters. The summed E-state index contributed by atoms with van der Waals surface area (Å²) in [4.78, 5) is 36.3. The Morgan fingerprint density at radius 2 is 2.08 bits per heavy atom. The number of benzene rings is 1. The SMILES string of the molecule is Cc1ccccc1NC(=O)COC(=O)[C@H]1[C@@H]2C[C@@H]3[C@@H]1C(=O)O[C@@H]3C2. The Morgan fingerprint density at radius 3 is 2.88 bits per heavy atom. The number of hydrogen-bond donors (Lipinski definition) is 1. The number of para-hydroxylation sites is 1. The number of hydrogen-bond acceptors (Lipinski definition) is 5. The molecule has 6 nitrogen and oxygen atoms in total. The van der Waals surface area contributed by atoms with Gasteiger partial charge in [0.25, 0.3) is 5.91 Å². The summed E-state index contributed by atoms with van der Waals surface area (Å²) in [5.74, 6) is -1.65. The van der Waals surface area contributed by atoms with Crippen molar-refractivity contribution in [2.45, 2.75) is 25.9 Å². The van der Waals surface area contributed by atoms with Gasteiger partial charge in [-0.05, 0) is 37.3 Å². The molecule has 0 radical (unpaired) electrons. The highest BCUT2D eigenvalue weighted by atomic mass is 16.6. The molecule has 2 saturated carbocycles. The first-order chi connectivity index (χ1) is 11.5. The molecular weight excluding hydrogens is 310 g/mol. The molecule has 0 spiro atoms. The highest BCUT2D eigenvalue weighted by Gasteiger charge is 2.64. The Morgan fingerprint density at radius 1 is 1.29 bits per heavy atom. The van der Waals surface area contributed by atoms with Crippen LogP contribution in [0.5, 0.6) is 0 Å². The van der Waals surface area contributed by atoms with Crippen LogP contribution in [0.15, 0.2) is 24.3 Å². The van der Waals surface area contributed by atoms with E-state index >= 15 is 0 Å². The normalized spacial score (nSPS) is 32.5. The topological polar surface area (TPSA) is 81.7 Å². The van der Waals surface area contributed by atoms with Gasteiger partial charge < -0.3 is 14.8 Å². The molecule has 3 fully saturated rings. The molecule has 4 rings (SSSR count). The van der Waals surface area contributed by atoms with Crippen molar-refractivity contribution >= 4 is 23.5 Å². The molecular formula is C18H19NO5. The lowest BCUT2D eigenvalue weighted by molar-refractivity contribution is -0.157. The maximum Gasteiger partial charge on any atom is 0.310 e. The number of carbonyl (C=O) groups excluding carboxylic acids is 3. The number of carbonyl (C=O) groups is 3. The van der Waals surface area contributed by atoms with Gasteiger partial charge in [-0.1, -0.05) is 18.2 Å². The van der Waals surface area contributed by atoms with Gasteiger partial charge in [0.05, 0.1) is 11.8 Å². The molecule has 3 aliphatic rings. The van der Waals surface area contributed by atoms with E-state index in [9.17, 15) is 14.4 Å². The Hall–Kier alpha value is -2.37. The third-order valence-electron chi connectivity index (χ3n) is 5.52. The fourth-order valence-corrected chi connectivity index (χ4v) is 4.46. The number of fused-ring (bicyclic) bond motifs is 1. The Balaban J connectivity index is 1.35. The van der Waals surface area contributed by atoms with Gasteiger partial charge in [-0.25, -0.2) is 0 Å².